The van der Waals surface area contributed by atoms with Crippen LogP contribution in [0.15, 0.2) is 48.5 Å². The SMILES string of the molecule is CCCC1(CCC)C(=O)N(C)c2ccccc21.CCCCOc1ccc(N2CCCC2=O)cc1. The van der Waals surface area contributed by atoms with Crippen molar-refractivity contribution in [1.82, 2.24) is 0 Å². The topological polar surface area (TPSA) is 49.9 Å². The summed E-state index contributed by atoms with van der Waals surface area (Å²) in [6.45, 7) is 8.07. The Morgan fingerprint density at radius 2 is 1.59 bits per heavy atom. The minimum Gasteiger partial charge on any atom is -0.494 e. The van der Waals surface area contributed by atoms with Gasteiger partial charge in [0.2, 0.25) is 11.8 Å². The number of rotatable bonds is 9. The van der Waals surface area contributed by atoms with Crippen molar-refractivity contribution in [2.75, 3.05) is 30.0 Å². The quantitative estimate of drug-likeness (QED) is 0.398. The summed E-state index contributed by atoms with van der Waals surface area (Å²) in [4.78, 5) is 27.8. The molecule has 0 N–H and O–H groups in total. The Morgan fingerprint density at radius 1 is 0.912 bits per heavy atom. The number of likely N-dealkylation sites (N-methyl/N-ethyl adjacent to an activating group) is 1. The fraction of sp³-hybridized carbons (Fsp3) is 0.517. The molecule has 2 aromatic carbocycles. The second-order valence-electron chi connectivity index (χ2n) is 9.31. The Balaban J connectivity index is 0.000000191. The molecule has 0 unspecified atom stereocenters. The van der Waals surface area contributed by atoms with E-state index in [1.807, 2.05) is 53.2 Å². The van der Waals surface area contributed by atoms with Gasteiger partial charge < -0.3 is 14.5 Å². The summed E-state index contributed by atoms with van der Waals surface area (Å²) in [7, 11) is 1.90. The van der Waals surface area contributed by atoms with E-state index in [9.17, 15) is 9.59 Å². The van der Waals surface area contributed by atoms with Gasteiger partial charge in [-0.05, 0) is 61.6 Å². The molecule has 184 valence electrons. The van der Waals surface area contributed by atoms with E-state index in [0.29, 0.717) is 6.42 Å². The van der Waals surface area contributed by atoms with Gasteiger partial charge in [0.05, 0.1) is 12.0 Å². The molecule has 0 aliphatic carbocycles. The molecule has 0 saturated carbocycles. The lowest BCUT2D eigenvalue weighted by Crippen LogP contribution is -2.38. The summed E-state index contributed by atoms with van der Waals surface area (Å²) < 4.78 is 5.59. The van der Waals surface area contributed by atoms with Crippen molar-refractivity contribution in [1.29, 1.82) is 0 Å². The summed E-state index contributed by atoms with van der Waals surface area (Å²) in [5.41, 5.74) is 3.06. The van der Waals surface area contributed by atoms with Crippen LogP contribution >= 0.6 is 0 Å². The number of benzene rings is 2. The zero-order chi connectivity index (χ0) is 24.6. The molecule has 1 saturated heterocycles. The average molecular weight is 465 g/mol. The summed E-state index contributed by atoms with van der Waals surface area (Å²) in [6.07, 6.45) is 7.87. The van der Waals surface area contributed by atoms with E-state index in [1.54, 1.807) is 0 Å². The molecule has 0 atom stereocenters. The van der Waals surface area contributed by atoms with E-state index in [2.05, 4.69) is 32.9 Å². The third-order valence-corrected chi connectivity index (χ3v) is 6.84. The van der Waals surface area contributed by atoms with Crippen LogP contribution in [-0.2, 0) is 15.0 Å². The van der Waals surface area contributed by atoms with Crippen LogP contribution in [0.4, 0.5) is 11.4 Å². The average Bonchev–Trinajstić information content (AvgIpc) is 3.37. The predicted molar refractivity (Wildman–Crippen MR) is 140 cm³/mol. The summed E-state index contributed by atoms with van der Waals surface area (Å²) in [6, 6.07) is 16.0. The van der Waals surface area contributed by atoms with E-state index in [0.717, 1.165) is 75.2 Å². The number of nitrogens with zero attached hydrogens (tertiary/aromatic N) is 2. The first kappa shape index (κ1) is 25.8. The van der Waals surface area contributed by atoms with Crippen molar-refractivity contribution in [2.45, 2.75) is 77.6 Å². The van der Waals surface area contributed by atoms with Crippen molar-refractivity contribution in [3.8, 4) is 5.75 Å². The second-order valence-corrected chi connectivity index (χ2v) is 9.31. The summed E-state index contributed by atoms with van der Waals surface area (Å²) in [5.74, 6) is 1.39. The van der Waals surface area contributed by atoms with E-state index in [1.165, 1.54) is 5.56 Å². The van der Waals surface area contributed by atoms with Crippen molar-refractivity contribution >= 4 is 23.2 Å². The molecule has 2 amide bonds. The Kier molecular flexibility index (Phi) is 9.14. The lowest BCUT2D eigenvalue weighted by Gasteiger charge is -2.27. The zero-order valence-electron chi connectivity index (χ0n) is 21.3. The number of carbonyl (C=O) groups is 2. The number of amides is 2. The van der Waals surface area contributed by atoms with Crippen LogP contribution in [0.3, 0.4) is 0 Å². The minimum atomic E-state index is -0.255. The minimum absolute atomic E-state index is 0.227. The van der Waals surface area contributed by atoms with Crippen LogP contribution < -0.4 is 14.5 Å². The standard InChI is InChI=1S/C15H21NO.C14H19NO2/c1-4-10-15(11-5-2)12-8-6-7-9-13(12)16(3)14(15)17;1-2-3-11-17-13-8-6-12(7-9-13)15-10-4-5-14(15)16/h6-9H,4-5,10-11H2,1-3H3;6-9H,2-5,10-11H2,1H3. The van der Waals surface area contributed by atoms with E-state index < -0.39 is 0 Å². The van der Waals surface area contributed by atoms with Gasteiger partial charge in [0.25, 0.3) is 0 Å². The zero-order valence-corrected chi connectivity index (χ0v) is 21.3. The first-order valence-electron chi connectivity index (χ1n) is 12.9. The molecule has 5 nitrogen and oxygen atoms in total. The Labute approximate surface area is 205 Å². The van der Waals surface area contributed by atoms with Crippen LogP contribution in [0.5, 0.6) is 5.75 Å². The molecule has 5 heteroatoms. The van der Waals surface area contributed by atoms with Crippen molar-refractivity contribution < 1.29 is 14.3 Å². The van der Waals surface area contributed by atoms with Gasteiger partial charge in [-0.3, -0.25) is 9.59 Å². The van der Waals surface area contributed by atoms with Crippen LogP contribution in [0.1, 0.15) is 77.7 Å². The lowest BCUT2D eigenvalue weighted by molar-refractivity contribution is -0.123. The number of unbranched alkanes of at least 4 members (excludes halogenated alkanes) is 1. The second kappa shape index (κ2) is 12.0. The van der Waals surface area contributed by atoms with Crippen molar-refractivity contribution in [3.05, 3.63) is 54.1 Å². The predicted octanol–water partition coefficient (Wildman–Crippen LogP) is 6.49. The third-order valence-electron chi connectivity index (χ3n) is 6.84. The monoisotopic (exact) mass is 464 g/mol. The van der Waals surface area contributed by atoms with Gasteiger partial charge >= 0.3 is 0 Å². The van der Waals surface area contributed by atoms with Gasteiger partial charge in [-0.1, -0.05) is 58.2 Å². The first-order valence-corrected chi connectivity index (χ1v) is 12.9. The fourth-order valence-corrected chi connectivity index (χ4v) is 5.16. The third kappa shape index (κ3) is 5.45. The number of ether oxygens (including phenoxy) is 1. The van der Waals surface area contributed by atoms with Gasteiger partial charge in [-0.2, -0.15) is 0 Å². The van der Waals surface area contributed by atoms with E-state index >= 15 is 0 Å². The maximum atomic E-state index is 12.6. The highest BCUT2D eigenvalue weighted by molar-refractivity contribution is 6.07. The first-order chi connectivity index (χ1) is 16.5. The van der Waals surface area contributed by atoms with E-state index in [-0.39, 0.29) is 17.2 Å². The highest BCUT2D eigenvalue weighted by Crippen LogP contribution is 2.46. The molecular formula is C29H40N2O3. The van der Waals surface area contributed by atoms with Gasteiger partial charge in [-0.15, -0.1) is 0 Å². The number of anilines is 2. The fourth-order valence-electron chi connectivity index (χ4n) is 5.16. The molecule has 4 rings (SSSR count). The number of carbonyl (C=O) groups excluding carboxylic acids is 2. The van der Waals surface area contributed by atoms with Gasteiger partial charge in [0.15, 0.2) is 0 Å². The highest BCUT2D eigenvalue weighted by Gasteiger charge is 2.47. The molecule has 34 heavy (non-hydrogen) atoms. The summed E-state index contributed by atoms with van der Waals surface area (Å²) >= 11 is 0. The molecule has 0 aromatic heterocycles. The molecule has 2 aliphatic heterocycles. The number of hydrogen-bond acceptors (Lipinski definition) is 3. The van der Waals surface area contributed by atoms with Gasteiger partial charge in [0.1, 0.15) is 5.75 Å². The maximum Gasteiger partial charge on any atom is 0.237 e. The van der Waals surface area contributed by atoms with Crippen molar-refractivity contribution in [3.63, 3.8) is 0 Å². The molecule has 0 bridgehead atoms. The molecule has 2 aromatic rings. The van der Waals surface area contributed by atoms with Crippen molar-refractivity contribution in [2.24, 2.45) is 0 Å². The Bertz CT molecular complexity index is 948. The maximum absolute atomic E-state index is 12.6. The largest absolute Gasteiger partial charge is 0.494 e. The van der Waals surface area contributed by atoms with Crippen LogP contribution in [0.25, 0.3) is 0 Å². The number of para-hydroxylation sites is 1. The number of fused-ring (bicyclic) bond motifs is 1. The number of hydrogen-bond donors (Lipinski definition) is 0. The van der Waals surface area contributed by atoms with Crippen LogP contribution in [0.2, 0.25) is 0 Å². The highest BCUT2D eigenvalue weighted by atomic mass is 16.5. The lowest BCUT2D eigenvalue weighted by atomic mass is 9.74. The normalized spacial score (nSPS) is 16.4. The van der Waals surface area contributed by atoms with Crippen LogP contribution in [-0.4, -0.2) is 32.0 Å². The molecule has 2 heterocycles. The van der Waals surface area contributed by atoms with Gasteiger partial charge in [0, 0.05) is 31.4 Å². The van der Waals surface area contributed by atoms with Gasteiger partial charge in [-0.25, -0.2) is 0 Å². The molecular weight excluding hydrogens is 424 g/mol. The molecule has 1 fully saturated rings. The molecule has 0 radical (unpaired) electrons. The van der Waals surface area contributed by atoms with E-state index in [4.69, 9.17) is 4.74 Å². The Hall–Kier alpha value is -2.82. The smallest absolute Gasteiger partial charge is 0.237 e. The molecule has 0 spiro atoms. The summed E-state index contributed by atoms with van der Waals surface area (Å²) in [5, 5.41) is 0. The Morgan fingerprint density at radius 3 is 2.18 bits per heavy atom. The van der Waals surface area contributed by atoms with Crippen LogP contribution in [0, 0.1) is 0 Å². The molecule has 2 aliphatic rings.